The van der Waals surface area contributed by atoms with E-state index < -0.39 is 75.0 Å². The number of methoxy groups -OCH3 is 1. The fraction of sp³-hybridized carbons (Fsp3) is 0.158. The quantitative estimate of drug-likeness (QED) is 0.157. The fourth-order valence-electron chi connectivity index (χ4n) is 2.58. The molecule has 2 aromatic carbocycles. The zero-order valence-electron chi connectivity index (χ0n) is 16.4. The van der Waals surface area contributed by atoms with Crippen molar-refractivity contribution in [1.82, 2.24) is 4.90 Å². The molecule has 2 aromatic rings. The molecule has 14 heteroatoms. The summed E-state index contributed by atoms with van der Waals surface area (Å²) in [4.78, 5) is 24.1. The first-order chi connectivity index (χ1) is 15.4. The molecule has 0 aromatic heterocycles. The van der Waals surface area contributed by atoms with Gasteiger partial charge in [0.2, 0.25) is 0 Å². The van der Waals surface area contributed by atoms with E-state index in [-0.39, 0.29) is 9.32 Å². The predicted octanol–water partition coefficient (Wildman–Crippen LogP) is 3.73. The van der Waals surface area contributed by atoms with Gasteiger partial charge in [-0.25, -0.2) is 0 Å². The average Bonchev–Trinajstić information content (AvgIpc) is 3.06. The second kappa shape index (κ2) is 9.34. The van der Waals surface area contributed by atoms with E-state index in [1.54, 1.807) is 0 Å². The number of nitrogens with zero attached hydrogens (tertiary/aromatic N) is 1. The Morgan fingerprint density at radius 1 is 0.970 bits per heavy atom. The predicted molar refractivity (Wildman–Crippen MR) is 112 cm³/mol. The summed E-state index contributed by atoms with van der Waals surface area (Å²) in [6.45, 7) is -0.650. The first kappa shape index (κ1) is 25.0. The molecule has 7 nitrogen and oxygen atoms in total. The minimum atomic E-state index is -6.22. The van der Waals surface area contributed by atoms with Gasteiger partial charge in [-0.1, -0.05) is 0 Å². The van der Waals surface area contributed by atoms with Crippen LogP contribution in [0, 0.1) is 18.8 Å². The van der Waals surface area contributed by atoms with Crippen LogP contribution in [0.1, 0.15) is 5.56 Å². The molecule has 1 heterocycles. The van der Waals surface area contributed by atoms with Gasteiger partial charge in [0.1, 0.15) is 0 Å². The number of hydrogen-bond donors (Lipinski definition) is 0. The van der Waals surface area contributed by atoms with Crippen LogP contribution in [0.4, 0.5) is 22.0 Å². The topological polar surface area (TPSA) is 90.0 Å². The normalized spacial score (nSPS) is 14.7. The Kier molecular flexibility index (Phi) is 7.09. The molecular formula is C19H13F5INO6S. The summed E-state index contributed by atoms with van der Waals surface area (Å²) in [5, 5.41) is 0. The van der Waals surface area contributed by atoms with Crippen LogP contribution in [0.15, 0.2) is 48.6 Å². The van der Waals surface area contributed by atoms with Crippen LogP contribution in [0.5, 0.6) is 5.75 Å². The number of benzene rings is 2. The number of halogens is 6. The van der Waals surface area contributed by atoms with Crippen molar-refractivity contribution in [2.24, 2.45) is 0 Å². The summed E-state index contributed by atoms with van der Waals surface area (Å²) in [6, 6.07) is 6.39. The van der Waals surface area contributed by atoms with Gasteiger partial charge >= 0.3 is 192 Å². The first-order valence-corrected chi connectivity index (χ1v) is 13.2. The zero-order chi connectivity index (χ0) is 24.6. The maximum absolute atomic E-state index is 15.3. The third-order valence-electron chi connectivity index (χ3n) is 4.19. The number of carbonyl (C=O) groups is 2. The molecule has 1 aliphatic heterocycles. The molecule has 0 saturated carbocycles. The number of ether oxygens (including phenoxy) is 1. The maximum atomic E-state index is 15.3. The van der Waals surface area contributed by atoms with Gasteiger partial charge in [-0.3, -0.25) is 0 Å². The van der Waals surface area contributed by atoms with Gasteiger partial charge in [-0.2, -0.15) is 0 Å². The molecule has 0 radical (unpaired) electrons. The van der Waals surface area contributed by atoms with E-state index in [0.29, 0.717) is 11.0 Å². The summed E-state index contributed by atoms with van der Waals surface area (Å²) in [5.74, 6) is -4.05. The number of imide groups is 1. The molecule has 0 aliphatic carbocycles. The Hall–Kier alpha value is -2.59. The van der Waals surface area contributed by atoms with Gasteiger partial charge in [-0.05, 0) is 0 Å². The Labute approximate surface area is 191 Å². The van der Waals surface area contributed by atoms with Crippen LogP contribution in [-0.2, 0) is 28.8 Å². The van der Waals surface area contributed by atoms with Gasteiger partial charge in [0.25, 0.3) is 0 Å². The SMILES string of the molecule is COc1ccc(I(OS(=O)(=O)C(F)(F)F)c2c(F)ccc(CN3C(=O)C=CC3=O)c2F)cc1. The standard InChI is InChI=1S/C19H13F5INO6S/c1-31-13-5-3-12(4-6-13)25(32-33(29,30)19(22,23)24)18-14(20)7-2-11(17(18)21)10-26-15(27)8-9-16(26)28/h2-9H,10H2,1H3. The number of hydrogen-bond acceptors (Lipinski definition) is 6. The average molecular weight is 605 g/mol. The van der Waals surface area contributed by atoms with E-state index in [9.17, 15) is 35.6 Å². The third-order valence-corrected chi connectivity index (χ3v) is 11.4. The van der Waals surface area contributed by atoms with Crippen LogP contribution < -0.4 is 4.74 Å². The van der Waals surface area contributed by atoms with Crippen molar-refractivity contribution in [2.45, 2.75) is 12.1 Å². The van der Waals surface area contributed by atoms with Crippen molar-refractivity contribution in [2.75, 3.05) is 7.11 Å². The molecule has 2 amide bonds. The summed E-state index contributed by atoms with van der Waals surface area (Å²) in [5.41, 5.74) is -6.25. The van der Waals surface area contributed by atoms with E-state index in [2.05, 4.69) is 2.51 Å². The minimum absolute atomic E-state index is 0.183. The molecular weight excluding hydrogens is 592 g/mol. The summed E-state index contributed by atoms with van der Waals surface area (Å²) in [7, 11) is -4.92. The molecule has 0 saturated heterocycles. The molecule has 0 spiro atoms. The van der Waals surface area contributed by atoms with Crippen LogP contribution in [0.3, 0.4) is 0 Å². The van der Waals surface area contributed by atoms with Crippen molar-refractivity contribution in [3.8, 4) is 5.75 Å². The van der Waals surface area contributed by atoms with Crippen LogP contribution in [-0.4, -0.2) is 37.8 Å². The molecule has 0 bridgehead atoms. The molecule has 0 fully saturated rings. The first-order valence-electron chi connectivity index (χ1n) is 8.71. The second-order valence-corrected chi connectivity index (χ2v) is 12.6. The molecule has 178 valence electrons. The van der Waals surface area contributed by atoms with Crippen molar-refractivity contribution >= 4 is 42.2 Å². The van der Waals surface area contributed by atoms with Gasteiger partial charge < -0.3 is 0 Å². The Morgan fingerprint density at radius 2 is 1.55 bits per heavy atom. The van der Waals surface area contributed by atoms with Gasteiger partial charge in [0.15, 0.2) is 0 Å². The number of amides is 2. The fourth-order valence-corrected chi connectivity index (χ4v) is 9.21. The second-order valence-electron chi connectivity index (χ2n) is 6.30. The van der Waals surface area contributed by atoms with Gasteiger partial charge in [0.05, 0.1) is 0 Å². The molecule has 1 aliphatic rings. The van der Waals surface area contributed by atoms with Crippen molar-refractivity contribution < 1.29 is 47.2 Å². The van der Waals surface area contributed by atoms with Gasteiger partial charge in [0, 0.05) is 0 Å². The molecule has 3 rings (SSSR count). The van der Waals surface area contributed by atoms with Crippen molar-refractivity contribution in [1.29, 1.82) is 0 Å². The molecule has 33 heavy (non-hydrogen) atoms. The van der Waals surface area contributed by atoms with Crippen LogP contribution in [0.25, 0.3) is 0 Å². The number of carbonyl (C=O) groups excluding carboxylic acids is 2. The van der Waals surface area contributed by atoms with E-state index in [0.717, 1.165) is 30.4 Å². The Balaban J connectivity index is 2.12. The molecule has 0 N–H and O–H groups in total. The van der Waals surface area contributed by atoms with Crippen molar-refractivity contribution in [3.63, 3.8) is 0 Å². The van der Waals surface area contributed by atoms with Crippen LogP contribution in [0.2, 0.25) is 0 Å². The Bertz CT molecular complexity index is 1210. The number of alkyl halides is 3. The molecule has 0 atom stereocenters. The van der Waals surface area contributed by atoms with Crippen LogP contribution >= 0.6 is 20.2 Å². The van der Waals surface area contributed by atoms with E-state index >= 15 is 4.39 Å². The summed E-state index contributed by atoms with van der Waals surface area (Å²) < 4.78 is 101. The Morgan fingerprint density at radius 3 is 2.06 bits per heavy atom. The summed E-state index contributed by atoms with van der Waals surface area (Å²) in [6.07, 6.45) is 1.86. The van der Waals surface area contributed by atoms with Crippen molar-refractivity contribution in [3.05, 3.63) is 72.9 Å². The molecule has 0 unspecified atom stereocenters. The van der Waals surface area contributed by atoms with E-state index in [1.807, 2.05) is 0 Å². The van der Waals surface area contributed by atoms with Gasteiger partial charge in [-0.15, -0.1) is 0 Å². The third kappa shape index (κ3) is 5.16. The number of rotatable bonds is 7. The zero-order valence-corrected chi connectivity index (χ0v) is 19.4. The van der Waals surface area contributed by atoms with E-state index in [1.165, 1.54) is 19.2 Å². The summed E-state index contributed by atoms with van der Waals surface area (Å²) >= 11 is -4.44. The van der Waals surface area contributed by atoms with E-state index in [4.69, 9.17) is 4.74 Å². The monoisotopic (exact) mass is 605 g/mol.